The van der Waals surface area contributed by atoms with Crippen LogP contribution in [0.2, 0.25) is 0 Å². The Hall–Kier alpha value is -1.30. The minimum atomic E-state index is -0.867. The van der Waals surface area contributed by atoms with Crippen LogP contribution in [-0.4, -0.2) is 52.9 Å². The number of carbonyl (C=O) groups is 2. The van der Waals surface area contributed by atoms with Gasteiger partial charge in [0, 0.05) is 25.6 Å². The van der Waals surface area contributed by atoms with Crippen molar-refractivity contribution in [3.63, 3.8) is 0 Å². The van der Waals surface area contributed by atoms with Crippen molar-refractivity contribution >= 4 is 12.0 Å². The molecule has 112 valence electrons. The lowest BCUT2D eigenvalue weighted by molar-refractivity contribution is -0.137. The van der Waals surface area contributed by atoms with Gasteiger partial charge in [-0.1, -0.05) is 20.8 Å². The molecule has 0 aliphatic heterocycles. The fourth-order valence-electron chi connectivity index (χ4n) is 2.02. The molecule has 19 heavy (non-hydrogen) atoms. The smallest absolute Gasteiger partial charge is 0.317 e. The lowest BCUT2D eigenvalue weighted by atomic mass is 10.1. The van der Waals surface area contributed by atoms with Crippen LogP contribution < -0.4 is 5.32 Å². The molecule has 0 radical (unpaired) electrons. The zero-order valence-corrected chi connectivity index (χ0v) is 12.1. The standard InChI is InChI=1S/C13H26N2O4/c1-4-11(5-2)15(6-7-16)13(19)14-9-10(3)8-12(17)18/h10-11,16H,4-9H2,1-3H3,(H,14,19)(H,17,18). The topological polar surface area (TPSA) is 89.9 Å². The van der Waals surface area contributed by atoms with Crippen LogP contribution in [0.1, 0.15) is 40.0 Å². The molecule has 0 bridgehead atoms. The van der Waals surface area contributed by atoms with E-state index in [0.717, 1.165) is 12.8 Å². The summed E-state index contributed by atoms with van der Waals surface area (Å²) in [4.78, 5) is 24.2. The van der Waals surface area contributed by atoms with E-state index < -0.39 is 5.97 Å². The molecule has 3 N–H and O–H groups in total. The minimum absolute atomic E-state index is 0.0330. The lowest BCUT2D eigenvalue weighted by Crippen LogP contribution is -2.48. The van der Waals surface area contributed by atoms with Crippen LogP contribution >= 0.6 is 0 Å². The quantitative estimate of drug-likeness (QED) is 0.591. The van der Waals surface area contributed by atoms with Crippen LogP contribution in [0.5, 0.6) is 0 Å². The maximum absolute atomic E-state index is 12.0. The molecule has 0 aromatic carbocycles. The third-order valence-corrected chi connectivity index (χ3v) is 3.11. The molecule has 0 rings (SSSR count). The number of carboxylic acids is 1. The third-order valence-electron chi connectivity index (χ3n) is 3.11. The summed E-state index contributed by atoms with van der Waals surface area (Å²) in [5.74, 6) is -0.979. The number of hydrogen-bond acceptors (Lipinski definition) is 3. The van der Waals surface area contributed by atoms with Crippen LogP contribution in [0.15, 0.2) is 0 Å². The van der Waals surface area contributed by atoms with Gasteiger partial charge in [-0.2, -0.15) is 0 Å². The molecule has 0 aliphatic carbocycles. The molecule has 6 heteroatoms. The van der Waals surface area contributed by atoms with Gasteiger partial charge in [0.25, 0.3) is 0 Å². The fourth-order valence-corrected chi connectivity index (χ4v) is 2.02. The molecular formula is C13H26N2O4. The predicted octanol–water partition coefficient (Wildman–Crippen LogP) is 1.29. The van der Waals surface area contributed by atoms with Gasteiger partial charge in [-0.25, -0.2) is 4.79 Å². The van der Waals surface area contributed by atoms with Crippen molar-refractivity contribution in [3.8, 4) is 0 Å². The normalized spacial score (nSPS) is 12.3. The molecule has 0 saturated heterocycles. The Morgan fingerprint density at radius 3 is 2.26 bits per heavy atom. The number of urea groups is 1. The average Bonchev–Trinajstić information content (AvgIpc) is 2.35. The summed E-state index contributed by atoms with van der Waals surface area (Å²) < 4.78 is 0. The number of carboxylic acid groups (broad SMARTS) is 1. The number of nitrogens with one attached hydrogen (secondary N) is 1. The van der Waals surface area contributed by atoms with Gasteiger partial charge in [0.1, 0.15) is 0 Å². The number of nitrogens with zero attached hydrogens (tertiary/aromatic N) is 1. The monoisotopic (exact) mass is 274 g/mol. The number of aliphatic hydroxyl groups excluding tert-OH is 1. The number of aliphatic hydroxyl groups is 1. The largest absolute Gasteiger partial charge is 0.481 e. The first kappa shape index (κ1) is 17.7. The number of aliphatic carboxylic acids is 1. The van der Waals surface area contributed by atoms with Gasteiger partial charge in [0.15, 0.2) is 0 Å². The number of carbonyl (C=O) groups excluding carboxylic acids is 1. The van der Waals surface area contributed by atoms with Gasteiger partial charge in [0.05, 0.1) is 6.61 Å². The van der Waals surface area contributed by atoms with Gasteiger partial charge in [-0.05, 0) is 18.8 Å². The van der Waals surface area contributed by atoms with Crippen LogP contribution in [0.25, 0.3) is 0 Å². The highest BCUT2D eigenvalue weighted by atomic mass is 16.4. The zero-order valence-electron chi connectivity index (χ0n) is 12.1. The number of rotatable bonds is 9. The van der Waals surface area contributed by atoms with E-state index in [0.29, 0.717) is 13.1 Å². The van der Waals surface area contributed by atoms with Gasteiger partial charge in [-0.15, -0.1) is 0 Å². The Kier molecular flexibility index (Phi) is 8.95. The van der Waals surface area contributed by atoms with Crippen molar-refractivity contribution in [2.75, 3.05) is 19.7 Å². The van der Waals surface area contributed by atoms with Crippen LogP contribution in [0.4, 0.5) is 4.79 Å². The summed E-state index contributed by atoms with van der Waals surface area (Å²) in [6.45, 7) is 6.33. The van der Waals surface area contributed by atoms with E-state index in [4.69, 9.17) is 10.2 Å². The highest BCUT2D eigenvalue weighted by Crippen LogP contribution is 2.09. The van der Waals surface area contributed by atoms with Crippen molar-refractivity contribution in [3.05, 3.63) is 0 Å². The Balaban J connectivity index is 4.35. The van der Waals surface area contributed by atoms with E-state index in [9.17, 15) is 9.59 Å². The molecule has 0 spiro atoms. The van der Waals surface area contributed by atoms with Gasteiger partial charge >= 0.3 is 12.0 Å². The Labute approximate surface area is 114 Å². The summed E-state index contributed by atoms with van der Waals surface area (Å²) in [7, 11) is 0. The van der Waals surface area contributed by atoms with E-state index in [1.807, 2.05) is 13.8 Å². The van der Waals surface area contributed by atoms with Crippen LogP contribution in [0, 0.1) is 5.92 Å². The second kappa shape index (κ2) is 9.61. The highest BCUT2D eigenvalue weighted by molar-refractivity contribution is 5.74. The van der Waals surface area contributed by atoms with Gasteiger partial charge in [0.2, 0.25) is 0 Å². The molecule has 0 heterocycles. The van der Waals surface area contributed by atoms with Gasteiger partial charge < -0.3 is 20.4 Å². The predicted molar refractivity (Wildman–Crippen MR) is 73.0 cm³/mol. The Morgan fingerprint density at radius 1 is 1.26 bits per heavy atom. The van der Waals surface area contributed by atoms with Crippen LogP contribution in [-0.2, 0) is 4.79 Å². The molecule has 0 saturated carbocycles. The van der Waals surface area contributed by atoms with Crippen molar-refractivity contribution in [1.82, 2.24) is 10.2 Å². The summed E-state index contributed by atoms with van der Waals surface area (Å²) in [5.41, 5.74) is 0. The molecule has 6 nitrogen and oxygen atoms in total. The van der Waals surface area contributed by atoms with Gasteiger partial charge in [-0.3, -0.25) is 4.79 Å². The zero-order chi connectivity index (χ0) is 14.8. The van der Waals surface area contributed by atoms with Crippen molar-refractivity contribution in [1.29, 1.82) is 0 Å². The maximum Gasteiger partial charge on any atom is 0.317 e. The van der Waals surface area contributed by atoms with E-state index >= 15 is 0 Å². The number of hydrogen-bond donors (Lipinski definition) is 3. The highest BCUT2D eigenvalue weighted by Gasteiger charge is 2.20. The molecule has 2 amide bonds. The minimum Gasteiger partial charge on any atom is -0.481 e. The SMILES string of the molecule is CCC(CC)N(CCO)C(=O)NCC(C)CC(=O)O. The molecule has 1 atom stereocenters. The number of amides is 2. The Bertz CT molecular complexity index is 280. The first-order valence-electron chi connectivity index (χ1n) is 6.83. The van der Waals surface area contributed by atoms with Crippen molar-refractivity contribution < 1.29 is 19.8 Å². The molecule has 0 aliphatic rings. The molecule has 0 aromatic heterocycles. The van der Waals surface area contributed by atoms with E-state index in [-0.39, 0.29) is 31.0 Å². The molecular weight excluding hydrogens is 248 g/mol. The van der Waals surface area contributed by atoms with E-state index in [1.54, 1.807) is 11.8 Å². The van der Waals surface area contributed by atoms with Crippen molar-refractivity contribution in [2.45, 2.75) is 46.1 Å². The molecule has 1 unspecified atom stereocenters. The van der Waals surface area contributed by atoms with Crippen molar-refractivity contribution in [2.24, 2.45) is 5.92 Å². The first-order chi connectivity index (χ1) is 8.96. The summed E-state index contributed by atoms with van der Waals surface area (Å²) in [5, 5.41) is 20.4. The second-order valence-corrected chi connectivity index (χ2v) is 4.78. The fraction of sp³-hybridized carbons (Fsp3) is 0.846. The molecule has 0 fully saturated rings. The molecule has 0 aromatic rings. The average molecular weight is 274 g/mol. The van der Waals surface area contributed by atoms with E-state index in [2.05, 4.69) is 5.32 Å². The summed E-state index contributed by atoms with van der Waals surface area (Å²) in [6.07, 6.45) is 1.69. The Morgan fingerprint density at radius 2 is 1.84 bits per heavy atom. The summed E-state index contributed by atoms with van der Waals surface area (Å²) in [6, 6.07) is -0.137. The maximum atomic E-state index is 12.0. The van der Waals surface area contributed by atoms with E-state index in [1.165, 1.54) is 0 Å². The lowest BCUT2D eigenvalue weighted by Gasteiger charge is -2.30. The summed E-state index contributed by atoms with van der Waals surface area (Å²) >= 11 is 0. The third kappa shape index (κ3) is 7.00. The second-order valence-electron chi connectivity index (χ2n) is 4.78. The first-order valence-corrected chi connectivity index (χ1v) is 6.83. The van der Waals surface area contributed by atoms with Crippen LogP contribution in [0.3, 0.4) is 0 Å².